The Morgan fingerprint density at radius 3 is 2.44 bits per heavy atom. The van der Waals surface area contributed by atoms with Gasteiger partial charge >= 0.3 is 6.36 Å². The van der Waals surface area contributed by atoms with Crippen LogP contribution < -0.4 is 10.5 Å². The number of benzene rings is 2. The van der Waals surface area contributed by atoms with Gasteiger partial charge in [0.05, 0.1) is 29.1 Å². The van der Waals surface area contributed by atoms with Crippen LogP contribution in [0, 0.1) is 5.82 Å². The van der Waals surface area contributed by atoms with Crippen molar-refractivity contribution in [2.24, 2.45) is 0 Å². The minimum Gasteiger partial charge on any atom is -0.406 e. The molecule has 2 aromatic carbocycles. The van der Waals surface area contributed by atoms with Gasteiger partial charge in [0, 0.05) is 13.1 Å². The monoisotopic (exact) mass is 483 g/mol. The van der Waals surface area contributed by atoms with Crippen LogP contribution in [0.4, 0.5) is 32.2 Å². The van der Waals surface area contributed by atoms with Crippen LogP contribution in [0.15, 0.2) is 48.9 Å². The molecule has 1 atom stereocenters. The zero-order valence-electron chi connectivity index (χ0n) is 17.2. The fourth-order valence-electron chi connectivity index (χ4n) is 3.58. The first-order chi connectivity index (χ1) is 16.0. The third kappa shape index (κ3) is 4.28. The van der Waals surface area contributed by atoms with E-state index in [-0.39, 0.29) is 22.4 Å². The lowest BCUT2D eigenvalue weighted by Crippen LogP contribution is -2.35. The summed E-state index contributed by atoms with van der Waals surface area (Å²) in [5, 5.41) is 0. The van der Waals surface area contributed by atoms with Gasteiger partial charge in [0.1, 0.15) is 28.9 Å². The highest BCUT2D eigenvalue weighted by molar-refractivity contribution is 5.98. The van der Waals surface area contributed by atoms with Gasteiger partial charge in [0.2, 0.25) is 0 Å². The van der Waals surface area contributed by atoms with Crippen molar-refractivity contribution in [3.63, 3.8) is 0 Å². The van der Waals surface area contributed by atoms with E-state index >= 15 is 0 Å². The van der Waals surface area contributed by atoms with Crippen LogP contribution in [0.5, 0.6) is 5.75 Å². The molecule has 0 aliphatic rings. The topological polar surface area (TPSA) is 85.8 Å². The second-order valence-corrected chi connectivity index (χ2v) is 7.28. The molecule has 0 unspecified atom stereocenters. The fourth-order valence-corrected chi connectivity index (χ4v) is 3.58. The van der Waals surface area contributed by atoms with E-state index < -0.39 is 41.9 Å². The number of ether oxygens (including phenoxy) is 1. The number of carbonyl (C=O) groups excluding carboxylic acids is 1. The second kappa shape index (κ2) is 8.39. The number of hydrogen-bond acceptors (Lipinski definition) is 5. The maximum absolute atomic E-state index is 14.8. The van der Waals surface area contributed by atoms with Gasteiger partial charge in [-0.3, -0.25) is 9.20 Å². The number of aromatic nitrogens is 3. The molecule has 0 bridgehead atoms. The van der Waals surface area contributed by atoms with Gasteiger partial charge < -0.3 is 15.4 Å². The van der Waals surface area contributed by atoms with Crippen LogP contribution in [-0.2, 0) is 0 Å². The number of imidazole rings is 1. The fraction of sp³-hybridized carbons (Fsp3) is 0.190. The predicted octanol–water partition coefficient (Wildman–Crippen LogP) is 4.58. The Labute approximate surface area is 187 Å². The van der Waals surface area contributed by atoms with Crippen LogP contribution in [0.25, 0.3) is 16.6 Å². The summed E-state index contributed by atoms with van der Waals surface area (Å²) in [6, 6.07) is 3.86. The number of hydrogen-bond donors (Lipinski definition) is 1. The number of nitrogens with two attached hydrogens (primary N) is 1. The molecule has 2 N–H and O–H groups in total. The number of alkyl halides is 5. The molecule has 0 saturated heterocycles. The van der Waals surface area contributed by atoms with E-state index in [0.717, 1.165) is 43.4 Å². The lowest BCUT2D eigenvalue weighted by Gasteiger charge is -2.28. The third-order valence-electron chi connectivity index (χ3n) is 5.13. The molecule has 0 fully saturated rings. The average Bonchev–Trinajstić information content (AvgIpc) is 3.24. The summed E-state index contributed by atoms with van der Waals surface area (Å²) in [6.45, 7) is 0. The predicted molar refractivity (Wildman–Crippen MR) is 109 cm³/mol. The molecule has 1 amide bonds. The molecule has 4 rings (SSSR count). The number of anilines is 1. The van der Waals surface area contributed by atoms with Crippen molar-refractivity contribution >= 4 is 28.3 Å². The molecule has 0 saturated carbocycles. The highest BCUT2D eigenvalue weighted by Gasteiger charge is 2.33. The van der Waals surface area contributed by atoms with Crippen LogP contribution in [0.2, 0.25) is 0 Å². The normalized spacial score (nSPS) is 12.9. The average molecular weight is 483 g/mol. The molecule has 178 valence electrons. The first-order valence-electron chi connectivity index (χ1n) is 9.58. The Morgan fingerprint density at radius 2 is 1.82 bits per heavy atom. The van der Waals surface area contributed by atoms with Crippen LogP contribution in [-0.4, -0.2) is 45.0 Å². The van der Waals surface area contributed by atoms with Gasteiger partial charge in [-0.1, -0.05) is 12.1 Å². The van der Waals surface area contributed by atoms with Crippen molar-refractivity contribution in [2.75, 3.05) is 12.8 Å². The summed E-state index contributed by atoms with van der Waals surface area (Å²) >= 11 is 0. The molecular weight excluding hydrogens is 468 g/mol. The van der Waals surface area contributed by atoms with E-state index in [1.165, 1.54) is 16.9 Å². The van der Waals surface area contributed by atoms with E-state index in [1.807, 2.05) is 0 Å². The van der Waals surface area contributed by atoms with Gasteiger partial charge in [0.25, 0.3) is 12.3 Å². The summed E-state index contributed by atoms with van der Waals surface area (Å²) in [4.78, 5) is 21.7. The van der Waals surface area contributed by atoms with Crippen molar-refractivity contribution < 1.29 is 35.9 Å². The van der Waals surface area contributed by atoms with Gasteiger partial charge in [-0.15, -0.1) is 13.2 Å². The smallest absolute Gasteiger partial charge is 0.406 e. The third-order valence-corrected chi connectivity index (χ3v) is 5.13. The van der Waals surface area contributed by atoms with Crippen molar-refractivity contribution in [3.8, 4) is 5.75 Å². The van der Waals surface area contributed by atoms with Crippen LogP contribution in [0.3, 0.4) is 0 Å². The number of rotatable bonds is 5. The van der Waals surface area contributed by atoms with E-state index in [1.54, 1.807) is 0 Å². The molecule has 34 heavy (non-hydrogen) atoms. The van der Waals surface area contributed by atoms with E-state index in [0.29, 0.717) is 10.4 Å². The largest absolute Gasteiger partial charge is 0.573 e. The van der Waals surface area contributed by atoms with Crippen molar-refractivity contribution in [1.82, 2.24) is 19.3 Å². The summed E-state index contributed by atoms with van der Waals surface area (Å²) in [5.74, 6) is -2.63. The van der Waals surface area contributed by atoms with Gasteiger partial charge in [0.15, 0.2) is 0 Å². The Hall–Kier alpha value is -4.03. The number of fused-ring (bicyclic) bond motifs is 3. The molecule has 0 radical (unpaired) electrons. The first-order valence-corrected chi connectivity index (χ1v) is 9.58. The SMILES string of the molecule is CN(C(=O)c1cc2c(cc1F)nc(N)c1cncn12)[C@@H](c1ccc(OC(F)(F)F)cc1)C(F)F. The minimum absolute atomic E-state index is 0.0799. The molecule has 2 heterocycles. The maximum atomic E-state index is 14.8. The zero-order valence-corrected chi connectivity index (χ0v) is 17.2. The van der Waals surface area contributed by atoms with E-state index in [9.17, 15) is 31.1 Å². The van der Waals surface area contributed by atoms with E-state index in [4.69, 9.17) is 5.73 Å². The summed E-state index contributed by atoms with van der Waals surface area (Å²) < 4.78 is 84.9. The molecular formula is C21H15F6N5O2. The highest BCUT2D eigenvalue weighted by atomic mass is 19.4. The molecule has 4 aromatic rings. The molecule has 13 heteroatoms. The van der Waals surface area contributed by atoms with Crippen molar-refractivity contribution in [3.05, 3.63) is 65.9 Å². The second-order valence-electron chi connectivity index (χ2n) is 7.28. The number of nitrogen functional groups attached to an aromatic ring is 1. The van der Waals surface area contributed by atoms with Crippen LogP contribution >= 0.6 is 0 Å². The quantitative estimate of drug-likeness (QED) is 0.420. The van der Waals surface area contributed by atoms with Gasteiger partial charge in [-0.2, -0.15) is 0 Å². The van der Waals surface area contributed by atoms with Crippen LogP contribution in [0.1, 0.15) is 22.0 Å². The van der Waals surface area contributed by atoms with E-state index in [2.05, 4.69) is 14.7 Å². The standard InChI is InChI=1S/C21H15F6N5O2/c1-31(17(18(23)24)10-2-4-11(5-3-10)34-21(25,26)27)20(33)12-6-15-14(7-13(12)22)30-19(28)16-8-29-9-32(15)16/h2-9,17-18H,1H3,(H2,28,30)/t17-/m0/s1. The molecule has 0 aliphatic heterocycles. The number of nitrogens with zero attached hydrogens (tertiary/aromatic N) is 4. The Kier molecular flexibility index (Phi) is 5.71. The van der Waals surface area contributed by atoms with Crippen molar-refractivity contribution in [2.45, 2.75) is 18.8 Å². The van der Waals surface area contributed by atoms with Crippen molar-refractivity contribution in [1.29, 1.82) is 0 Å². The summed E-state index contributed by atoms with van der Waals surface area (Å²) in [6.07, 6.45) is -5.30. The Morgan fingerprint density at radius 1 is 1.15 bits per heavy atom. The lowest BCUT2D eigenvalue weighted by atomic mass is 10.0. The molecule has 0 aliphatic carbocycles. The highest BCUT2D eigenvalue weighted by Crippen LogP contribution is 2.32. The maximum Gasteiger partial charge on any atom is 0.573 e. The molecule has 7 nitrogen and oxygen atoms in total. The zero-order chi connectivity index (χ0) is 24.8. The summed E-state index contributed by atoms with van der Waals surface area (Å²) in [5.41, 5.74) is 5.92. The number of amides is 1. The Bertz CT molecular complexity index is 1370. The first kappa shape index (κ1) is 23.1. The minimum atomic E-state index is -4.95. The number of carbonyl (C=O) groups is 1. The molecule has 2 aromatic heterocycles. The number of halogens is 6. The van der Waals surface area contributed by atoms with Gasteiger partial charge in [-0.05, 0) is 23.8 Å². The lowest BCUT2D eigenvalue weighted by molar-refractivity contribution is -0.274. The summed E-state index contributed by atoms with van der Waals surface area (Å²) in [7, 11) is 1.04. The molecule has 0 spiro atoms. The Balaban J connectivity index is 1.70. The van der Waals surface area contributed by atoms with Gasteiger partial charge in [-0.25, -0.2) is 23.1 Å².